The molecule has 1 saturated heterocycles. The van der Waals surface area contributed by atoms with E-state index in [-0.39, 0.29) is 19.6 Å². The largest absolute Gasteiger partial charge is 0.406 e. The van der Waals surface area contributed by atoms with Gasteiger partial charge in [0.2, 0.25) is 11.8 Å². The number of hydrogen-bond donors (Lipinski definition) is 2. The van der Waals surface area contributed by atoms with Crippen molar-refractivity contribution >= 4 is 11.8 Å². The van der Waals surface area contributed by atoms with Gasteiger partial charge in [-0.2, -0.15) is 13.2 Å². The Morgan fingerprint density at radius 1 is 1.35 bits per heavy atom. The monoisotopic (exact) mass is 330 g/mol. The number of aliphatic hydroxyl groups excluding tert-OH is 1. The Labute approximate surface area is 131 Å². The first-order valence-electron chi connectivity index (χ1n) is 7.11. The maximum absolute atomic E-state index is 12.4. The lowest BCUT2D eigenvalue weighted by molar-refractivity contribution is -0.157. The molecule has 1 heterocycles. The number of amides is 2. The molecule has 126 valence electrons. The van der Waals surface area contributed by atoms with E-state index in [1.54, 1.807) is 30.3 Å². The number of hydrogen-bond acceptors (Lipinski definition) is 3. The average molecular weight is 330 g/mol. The molecule has 8 heteroatoms. The number of carbonyl (C=O) groups excluding carboxylic acids is 2. The van der Waals surface area contributed by atoms with Gasteiger partial charge in [0.25, 0.3) is 0 Å². The maximum atomic E-state index is 12.4. The Balaban J connectivity index is 1.97. The van der Waals surface area contributed by atoms with Crippen LogP contribution < -0.4 is 5.32 Å². The number of aliphatic hydroxyl groups is 1. The van der Waals surface area contributed by atoms with Crippen LogP contribution in [0.1, 0.15) is 18.0 Å². The van der Waals surface area contributed by atoms with Crippen molar-refractivity contribution in [2.75, 3.05) is 19.7 Å². The highest BCUT2D eigenvalue weighted by atomic mass is 19.4. The lowest BCUT2D eigenvalue weighted by Gasteiger charge is -2.20. The molecule has 2 N–H and O–H groups in total. The molecule has 0 bridgehead atoms. The van der Waals surface area contributed by atoms with Crippen LogP contribution in [-0.4, -0.2) is 47.7 Å². The number of nitrogens with zero attached hydrogens (tertiary/aromatic N) is 1. The van der Waals surface area contributed by atoms with Gasteiger partial charge in [0.1, 0.15) is 6.54 Å². The predicted molar refractivity (Wildman–Crippen MR) is 75.2 cm³/mol. The van der Waals surface area contributed by atoms with E-state index in [0.29, 0.717) is 10.5 Å². The van der Waals surface area contributed by atoms with Crippen molar-refractivity contribution in [3.05, 3.63) is 35.9 Å². The molecule has 2 rings (SSSR count). The molecule has 1 aromatic rings. The second-order valence-corrected chi connectivity index (χ2v) is 5.44. The van der Waals surface area contributed by atoms with Gasteiger partial charge >= 0.3 is 6.18 Å². The first-order chi connectivity index (χ1) is 10.8. The van der Waals surface area contributed by atoms with Crippen LogP contribution in [0.25, 0.3) is 0 Å². The standard InChI is InChI=1S/C15H17F3N2O3/c16-15(17,18)9-20-7-11(6-13(20)22)14(23)19-12(8-21)10-4-2-1-3-5-10/h1-5,11-12,21H,6-9H2,(H,19,23)/t11?,12-/m1/s1. The van der Waals surface area contributed by atoms with E-state index in [1.807, 2.05) is 0 Å². The third kappa shape index (κ3) is 4.69. The first kappa shape index (κ1) is 17.3. The number of halogens is 3. The van der Waals surface area contributed by atoms with Gasteiger partial charge in [0.05, 0.1) is 18.6 Å². The van der Waals surface area contributed by atoms with Crippen LogP contribution in [0.15, 0.2) is 30.3 Å². The zero-order chi connectivity index (χ0) is 17.0. The van der Waals surface area contributed by atoms with E-state index < -0.39 is 36.5 Å². The van der Waals surface area contributed by atoms with Crippen molar-refractivity contribution in [2.45, 2.75) is 18.6 Å². The van der Waals surface area contributed by atoms with Crippen molar-refractivity contribution in [1.29, 1.82) is 0 Å². The molecule has 23 heavy (non-hydrogen) atoms. The van der Waals surface area contributed by atoms with E-state index >= 15 is 0 Å². The summed E-state index contributed by atoms with van der Waals surface area (Å²) < 4.78 is 37.1. The van der Waals surface area contributed by atoms with Crippen molar-refractivity contribution in [1.82, 2.24) is 10.2 Å². The molecule has 5 nitrogen and oxygen atoms in total. The summed E-state index contributed by atoms with van der Waals surface area (Å²) in [7, 11) is 0. The molecule has 0 aromatic heterocycles. The van der Waals surface area contributed by atoms with Crippen molar-refractivity contribution < 1.29 is 27.9 Å². The zero-order valence-electron chi connectivity index (χ0n) is 12.2. The van der Waals surface area contributed by atoms with Crippen LogP contribution in [0.3, 0.4) is 0 Å². The second kappa shape index (κ2) is 6.99. The third-order valence-electron chi connectivity index (χ3n) is 3.66. The summed E-state index contributed by atoms with van der Waals surface area (Å²) in [6, 6.07) is 8.05. The zero-order valence-corrected chi connectivity index (χ0v) is 12.2. The SMILES string of the molecule is O=C(N[C@H](CO)c1ccccc1)C1CC(=O)N(CC(F)(F)F)C1. The van der Waals surface area contributed by atoms with Gasteiger partial charge in [-0.1, -0.05) is 30.3 Å². The Morgan fingerprint density at radius 2 is 2.00 bits per heavy atom. The van der Waals surface area contributed by atoms with Gasteiger partial charge in [0.15, 0.2) is 0 Å². The molecule has 1 fully saturated rings. The quantitative estimate of drug-likeness (QED) is 0.854. The Bertz CT molecular complexity index is 563. The lowest BCUT2D eigenvalue weighted by Crippen LogP contribution is -2.38. The molecule has 1 aliphatic rings. The summed E-state index contributed by atoms with van der Waals surface area (Å²) in [6.45, 7) is -1.96. The molecule has 0 radical (unpaired) electrons. The molecular weight excluding hydrogens is 313 g/mol. The van der Waals surface area contributed by atoms with Crippen molar-refractivity contribution in [3.63, 3.8) is 0 Å². The number of benzene rings is 1. The summed E-state index contributed by atoms with van der Waals surface area (Å²) in [5, 5.41) is 12.0. The Kier molecular flexibility index (Phi) is 5.25. The van der Waals surface area contributed by atoms with E-state index in [9.17, 15) is 27.9 Å². The number of nitrogens with one attached hydrogen (secondary N) is 1. The fourth-order valence-corrected chi connectivity index (χ4v) is 2.53. The minimum Gasteiger partial charge on any atom is -0.394 e. The molecular formula is C15H17F3N2O3. The number of likely N-dealkylation sites (tertiary alicyclic amines) is 1. The van der Waals surface area contributed by atoms with Crippen LogP contribution >= 0.6 is 0 Å². The van der Waals surface area contributed by atoms with Crippen LogP contribution in [0.4, 0.5) is 13.2 Å². The van der Waals surface area contributed by atoms with Gasteiger partial charge < -0.3 is 15.3 Å². The summed E-state index contributed by atoms with van der Waals surface area (Å²) in [5.74, 6) is -2.07. The summed E-state index contributed by atoms with van der Waals surface area (Å²) in [4.78, 5) is 24.4. The topological polar surface area (TPSA) is 69.6 Å². The van der Waals surface area contributed by atoms with E-state index in [4.69, 9.17) is 0 Å². The van der Waals surface area contributed by atoms with Gasteiger partial charge in [0, 0.05) is 13.0 Å². The molecule has 1 aliphatic heterocycles. The minimum absolute atomic E-state index is 0.255. The second-order valence-electron chi connectivity index (χ2n) is 5.44. The minimum atomic E-state index is -4.49. The highest BCUT2D eigenvalue weighted by molar-refractivity contribution is 5.89. The fourth-order valence-electron chi connectivity index (χ4n) is 2.53. The molecule has 2 amide bonds. The number of carbonyl (C=O) groups is 2. The van der Waals surface area contributed by atoms with Crippen molar-refractivity contribution in [2.24, 2.45) is 5.92 Å². The van der Waals surface area contributed by atoms with E-state index in [2.05, 4.69) is 5.32 Å². The van der Waals surface area contributed by atoms with Gasteiger partial charge in [-0.05, 0) is 5.56 Å². The van der Waals surface area contributed by atoms with Gasteiger partial charge in [-0.3, -0.25) is 9.59 Å². The molecule has 1 aromatic carbocycles. The molecule has 0 spiro atoms. The van der Waals surface area contributed by atoms with Crippen LogP contribution in [0, 0.1) is 5.92 Å². The van der Waals surface area contributed by atoms with Crippen molar-refractivity contribution in [3.8, 4) is 0 Å². The summed E-state index contributed by atoms with van der Waals surface area (Å²) in [5.41, 5.74) is 0.680. The molecule has 0 aliphatic carbocycles. The number of rotatable bonds is 5. The summed E-state index contributed by atoms with van der Waals surface area (Å²) >= 11 is 0. The number of alkyl halides is 3. The predicted octanol–water partition coefficient (Wildman–Crippen LogP) is 1.25. The van der Waals surface area contributed by atoms with Crippen LogP contribution in [0.2, 0.25) is 0 Å². The highest BCUT2D eigenvalue weighted by Gasteiger charge is 2.40. The molecule has 0 saturated carbocycles. The summed E-state index contributed by atoms with van der Waals surface area (Å²) in [6.07, 6.45) is -4.74. The maximum Gasteiger partial charge on any atom is 0.406 e. The van der Waals surface area contributed by atoms with Crippen LogP contribution in [-0.2, 0) is 9.59 Å². The fraction of sp³-hybridized carbons (Fsp3) is 0.467. The van der Waals surface area contributed by atoms with E-state index in [0.717, 1.165) is 0 Å². The van der Waals surface area contributed by atoms with Gasteiger partial charge in [-0.25, -0.2) is 0 Å². The average Bonchev–Trinajstić information content (AvgIpc) is 2.84. The highest BCUT2D eigenvalue weighted by Crippen LogP contribution is 2.24. The first-order valence-corrected chi connectivity index (χ1v) is 7.11. The molecule has 1 unspecified atom stereocenters. The third-order valence-corrected chi connectivity index (χ3v) is 3.66. The lowest BCUT2D eigenvalue weighted by atomic mass is 10.0. The Morgan fingerprint density at radius 3 is 2.57 bits per heavy atom. The molecule has 2 atom stereocenters. The Hall–Kier alpha value is -2.09. The van der Waals surface area contributed by atoms with Gasteiger partial charge in [-0.15, -0.1) is 0 Å². The van der Waals surface area contributed by atoms with Crippen LogP contribution in [0.5, 0.6) is 0 Å². The van der Waals surface area contributed by atoms with E-state index in [1.165, 1.54) is 0 Å². The normalized spacial score (nSPS) is 19.7. The smallest absolute Gasteiger partial charge is 0.394 e.